The molecule has 0 spiro atoms. The standard InChI is InChI=1S/C14H22O2.C7H8O.C3H3N3/c1-3-5-6-7-11-16-14-12(4-2)9-8-10-13(14)15;1-8-7-5-3-2-4-6-7;1-2-4-6-5-3-1/h8-10,15H,3-7,11H2,1-2H3;2-6H,1H3;1-3H. The molecular formula is C24H33N3O3. The number of ether oxygens (including phenoxy) is 2. The van der Waals surface area contributed by atoms with Gasteiger partial charge in [0.05, 0.1) is 26.1 Å². The molecule has 0 bridgehead atoms. The molecule has 0 saturated heterocycles. The molecule has 1 aromatic heterocycles. The van der Waals surface area contributed by atoms with Crippen LogP contribution in [0.5, 0.6) is 17.2 Å². The summed E-state index contributed by atoms with van der Waals surface area (Å²) in [5, 5.41) is 19.8. The second-order valence-corrected chi connectivity index (χ2v) is 6.36. The van der Waals surface area contributed by atoms with Crippen LogP contribution in [0, 0.1) is 0 Å². The fourth-order valence-corrected chi connectivity index (χ4v) is 2.48. The predicted molar refractivity (Wildman–Crippen MR) is 120 cm³/mol. The first kappa shape index (κ1) is 24.9. The lowest BCUT2D eigenvalue weighted by molar-refractivity contribution is 0.286. The Morgan fingerprint density at radius 1 is 0.833 bits per heavy atom. The van der Waals surface area contributed by atoms with Crippen molar-refractivity contribution in [3.8, 4) is 17.2 Å². The Labute approximate surface area is 179 Å². The van der Waals surface area contributed by atoms with E-state index in [2.05, 4.69) is 29.3 Å². The van der Waals surface area contributed by atoms with E-state index in [1.807, 2.05) is 42.5 Å². The molecule has 30 heavy (non-hydrogen) atoms. The van der Waals surface area contributed by atoms with Crippen molar-refractivity contribution in [2.24, 2.45) is 0 Å². The van der Waals surface area contributed by atoms with E-state index in [1.165, 1.54) is 19.3 Å². The van der Waals surface area contributed by atoms with Crippen molar-refractivity contribution in [1.29, 1.82) is 0 Å². The summed E-state index contributed by atoms with van der Waals surface area (Å²) in [5.74, 6) is 1.84. The largest absolute Gasteiger partial charge is 0.504 e. The zero-order valence-corrected chi connectivity index (χ0v) is 18.2. The van der Waals surface area contributed by atoms with E-state index in [0.717, 1.165) is 24.2 Å². The third kappa shape index (κ3) is 11.0. The number of hydrogen-bond acceptors (Lipinski definition) is 6. The van der Waals surface area contributed by atoms with Gasteiger partial charge >= 0.3 is 0 Å². The van der Waals surface area contributed by atoms with Crippen LogP contribution in [-0.2, 0) is 6.42 Å². The summed E-state index contributed by atoms with van der Waals surface area (Å²) in [5.41, 5.74) is 1.08. The van der Waals surface area contributed by atoms with Crippen molar-refractivity contribution in [2.75, 3.05) is 13.7 Å². The molecule has 1 N–H and O–H groups in total. The molecule has 0 aliphatic carbocycles. The van der Waals surface area contributed by atoms with Crippen molar-refractivity contribution in [3.63, 3.8) is 0 Å². The van der Waals surface area contributed by atoms with Gasteiger partial charge in [-0.1, -0.05) is 63.4 Å². The number of phenols is 1. The molecule has 0 saturated carbocycles. The van der Waals surface area contributed by atoms with E-state index in [-0.39, 0.29) is 5.75 Å². The average molecular weight is 412 g/mol. The van der Waals surface area contributed by atoms with E-state index in [4.69, 9.17) is 9.47 Å². The monoisotopic (exact) mass is 411 g/mol. The minimum Gasteiger partial charge on any atom is -0.504 e. The molecule has 0 aliphatic heterocycles. The molecule has 0 amide bonds. The van der Waals surface area contributed by atoms with Crippen LogP contribution >= 0.6 is 0 Å². The first-order chi connectivity index (χ1) is 14.7. The predicted octanol–water partition coefficient (Wildman–Crippen LogP) is 5.48. The minimum absolute atomic E-state index is 0.259. The second-order valence-electron chi connectivity index (χ2n) is 6.36. The summed E-state index contributed by atoms with van der Waals surface area (Å²) in [4.78, 5) is 0. The number of phenolic OH excluding ortho intramolecular Hbond substituents is 1. The van der Waals surface area contributed by atoms with E-state index in [9.17, 15) is 5.11 Å². The number of nitrogens with zero attached hydrogens (tertiary/aromatic N) is 3. The highest BCUT2D eigenvalue weighted by atomic mass is 16.5. The first-order valence-corrected chi connectivity index (χ1v) is 10.3. The molecular weight excluding hydrogens is 378 g/mol. The number of aromatic hydroxyl groups is 1. The molecule has 0 aliphatic rings. The number of unbranched alkanes of at least 4 members (excludes halogenated alkanes) is 3. The zero-order valence-electron chi connectivity index (χ0n) is 18.2. The highest BCUT2D eigenvalue weighted by Gasteiger charge is 2.06. The lowest BCUT2D eigenvalue weighted by atomic mass is 10.1. The molecule has 3 aromatic rings. The van der Waals surface area contributed by atoms with Crippen molar-refractivity contribution < 1.29 is 14.6 Å². The van der Waals surface area contributed by atoms with Gasteiger partial charge in [-0.25, -0.2) is 0 Å². The SMILES string of the molecule is CCCCCCOc1c(O)cccc1CC.COc1ccccc1.c1cnnnc1. The molecule has 0 radical (unpaired) electrons. The summed E-state index contributed by atoms with van der Waals surface area (Å²) in [6, 6.07) is 16.9. The number of aryl methyl sites for hydroxylation is 1. The van der Waals surface area contributed by atoms with Gasteiger partial charge in [0.25, 0.3) is 0 Å². The summed E-state index contributed by atoms with van der Waals surface area (Å²) in [7, 11) is 1.66. The van der Waals surface area contributed by atoms with Gasteiger partial charge < -0.3 is 14.6 Å². The maximum Gasteiger partial charge on any atom is 0.164 e. The third-order valence-electron chi connectivity index (χ3n) is 4.09. The highest BCUT2D eigenvalue weighted by Crippen LogP contribution is 2.30. The topological polar surface area (TPSA) is 77.4 Å². The van der Waals surface area contributed by atoms with Gasteiger partial charge in [-0.15, -0.1) is 10.2 Å². The molecule has 2 aromatic carbocycles. The van der Waals surface area contributed by atoms with Crippen LogP contribution in [0.25, 0.3) is 0 Å². The fourth-order valence-electron chi connectivity index (χ4n) is 2.48. The summed E-state index contributed by atoms with van der Waals surface area (Å²) in [6.45, 7) is 4.96. The van der Waals surface area contributed by atoms with Crippen molar-refractivity contribution in [2.45, 2.75) is 46.0 Å². The van der Waals surface area contributed by atoms with Gasteiger partial charge in [-0.3, -0.25) is 0 Å². The lowest BCUT2D eigenvalue weighted by Crippen LogP contribution is -2.00. The number of aromatic nitrogens is 3. The van der Waals surface area contributed by atoms with E-state index < -0.39 is 0 Å². The summed E-state index contributed by atoms with van der Waals surface area (Å²) < 4.78 is 10.6. The first-order valence-electron chi connectivity index (χ1n) is 10.3. The number of methoxy groups -OCH3 is 1. The third-order valence-corrected chi connectivity index (χ3v) is 4.09. The van der Waals surface area contributed by atoms with Crippen LogP contribution in [0.1, 0.15) is 45.1 Å². The average Bonchev–Trinajstić information content (AvgIpc) is 2.82. The number of hydrogen-bond donors (Lipinski definition) is 1. The van der Waals surface area contributed by atoms with Gasteiger partial charge in [-0.2, -0.15) is 0 Å². The fraction of sp³-hybridized carbons (Fsp3) is 0.375. The normalized spacial score (nSPS) is 9.43. The Hall–Kier alpha value is -3.15. The van der Waals surface area contributed by atoms with Gasteiger partial charge in [-0.05, 0) is 47.9 Å². The van der Waals surface area contributed by atoms with Crippen LogP contribution in [0.15, 0.2) is 67.0 Å². The molecule has 3 rings (SSSR count). The Morgan fingerprint density at radius 2 is 1.57 bits per heavy atom. The molecule has 1 heterocycles. The Balaban J connectivity index is 0.000000263. The van der Waals surface area contributed by atoms with Crippen LogP contribution in [0.3, 0.4) is 0 Å². The van der Waals surface area contributed by atoms with Crippen molar-refractivity contribution >= 4 is 0 Å². The Kier molecular flexibility index (Phi) is 13.9. The number of para-hydroxylation sites is 2. The van der Waals surface area contributed by atoms with Gasteiger partial charge in [0, 0.05) is 0 Å². The molecule has 0 unspecified atom stereocenters. The molecule has 0 fully saturated rings. The maximum atomic E-state index is 9.70. The van der Waals surface area contributed by atoms with E-state index in [0.29, 0.717) is 12.4 Å². The van der Waals surface area contributed by atoms with Gasteiger partial charge in [0.1, 0.15) is 5.75 Å². The van der Waals surface area contributed by atoms with E-state index >= 15 is 0 Å². The smallest absolute Gasteiger partial charge is 0.164 e. The van der Waals surface area contributed by atoms with Crippen LogP contribution in [-0.4, -0.2) is 34.2 Å². The van der Waals surface area contributed by atoms with Crippen LogP contribution in [0.2, 0.25) is 0 Å². The summed E-state index contributed by atoms with van der Waals surface area (Å²) >= 11 is 0. The van der Waals surface area contributed by atoms with Crippen LogP contribution in [0.4, 0.5) is 0 Å². The maximum absolute atomic E-state index is 9.70. The number of benzene rings is 2. The van der Waals surface area contributed by atoms with E-state index in [1.54, 1.807) is 31.6 Å². The lowest BCUT2D eigenvalue weighted by Gasteiger charge is -2.11. The Morgan fingerprint density at radius 3 is 2.07 bits per heavy atom. The quantitative estimate of drug-likeness (QED) is 0.495. The van der Waals surface area contributed by atoms with Gasteiger partial charge in [0.15, 0.2) is 11.5 Å². The zero-order chi connectivity index (χ0) is 21.9. The summed E-state index contributed by atoms with van der Waals surface area (Å²) in [6.07, 6.45) is 8.79. The molecule has 0 atom stereocenters. The van der Waals surface area contributed by atoms with Crippen molar-refractivity contribution in [3.05, 3.63) is 72.6 Å². The molecule has 162 valence electrons. The van der Waals surface area contributed by atoms with Crippen molar-refractivity contribution in [1.82, 2.24) is 15.4 Å². The molecule has 6 heteroatoms. The second kappa shape index (κ2) is 16.8. The number of rotatable bonds is 8. The van der Waals surface area contributed by atoms with Gasteiger partial charge in [0.2, 0.25) is 0 Å². The Bertz CT molecular complexity index is 744. The minimum atomic E-state index is 0.259. The highest BCUT2D eigenvalue weighted by molar-refractivity contribution is 5.45. The van der Waals surface area contributed by atoms with Crippen LogP contribution < -0.4 is 9.47 Å². The molecule has 6 nitrogen and oxygen atoms in total.